The summed E-state index contributed by atoms with van der Waals surface area (Å²) in [6, 6.07) is 7.13. The van der Waals surface area contributed by atoms with Crippen molar-refractivity contribution in [1.82, 2.24) is 14.7 Å². The van der Waals surface area contributed by atoms with Gasteiger partial charge in [0.05, 0.1) is 18.3 Å². The van der Waals surface area contributed by atoms with Crippen LogP contribution in [0.4, 0.5) is 10.2 Å². The van der Waals surface area contributed by atoms with E-state index in [-0.39, 0.29) is 24.3 Å². The predicted octanol–water partition coefficient (Wildman–Crippen LogP) is 2.60. The molecule has 0 unspecified atom stereocenters. The molecule has 0 bridgehead atoms. The smallest absolute Gasteiger partial charge is 0.242 e. The Morgan fingerprint density at radius 3 is 2.52 bits per heavy atom. The van der Waals surface area contributed by atoms with E-state index >= 15 is 0 Å². The average Bonchev–Trinajstić information content (AvgIpc) is 3.02. The molecule has 1 amide bonds. The number of likely N-dealkylation sites (N-methyl/N-ethyl adjacent to an activating group) is 1. The van der Waals surface area contributed by atoms with Gasteiger partial charge in [-0.05, 0) is 45.5 Å². The first-order valence-corrected chi connectivity index (χ1v) is 8.27. The number of carbonyl (C=O) groups is 1. The zero-order chi connectivity index (χ0) is 18.6. The van der Waals surface area contributed by atoms with Gasteiger partial charge in [-0.1, -0.05) is 12.1 Å². The summed E-state index contributed by atoms with van der Waals surface area (Å²) >= 11 is 0. The minimum absolute atomic E-state index is 0.138. The summed E-state index contributed by atoms with van der Waals surface area (Å²) in [4.78, 5) is 14.2. The van der Waals surface area contributed by atoms with Crippen molar-refractivity contribution in [3.63, 3.8) is 0 Å². The number of aromatic nitrogens is 2. The Balaban J connectivity index is 1.96. The van der Waals surface area contributed by atoms with E-state index in [1.165, 1.54) is 12.1 Å². The van der Waals surface area contributed by atoms with Crippen molar-refractivity contribution in [2.45, 2.75) is 39.0 Å². The molecule has 0 saturated carbocycles. The van der Waals surface area contributed by atoms with Crippen LogP contribution in [0.5, 0.6) is 0 Å². The number of hydrogen-bond acceptors (Lipinski definition) is 4. The van der Waals surface area contributed by atoms with Crippen molar-refractivity contribution < 1.29 is 14.3 Å². The van der Waals surface area contributed by atoms with Crippen molar-refractivity contribution in [3.05, 3.63) is 47.9 Å². The van der Waals surface area contributed by atoms with Crippen molar-refractivity contribution in [2.24, 2.45) is 0 Å². The lowest BCUT2D eigenvalue weighted by Crippen LogP contribution is -2.41. The van der Waals surface area contributed by atoms with Crippen LogP contribution >= 0.6 is 0 Å². The molecule has 7 heteroatoms. The van der Waals surface area contributed by atoms with E-state index in [1.54, 1.807) is 47.9 Å². The average molecular weight is 348 g/mol. The van der Waals surface area contributed by atoms with E-state index in [0.717, 1.165) is 0 Å². The second-order valence-electron chi connectivity index (χ2n) is 6.43. The number of anilines is 1. The topological polar surface area (TPSA) is 70.4 Å². The van der Waals surface area contributed by atoms with Crippen LogP contribution in [0.1, 0.15) is 38.5 Å². The van der Waals surface area contributed by atoms with Gasteiger partial charge in [0.15, 0.2) is 0 Å². The molecular weight excluding hydrogens is 323 g/mol. The van der Waals surface area contributed by atoms with Crippen LogP contribution in [-0.2, 0) is 4.79 Å². The van der Waals surface area contributed by atoms with E-state index in [1.807, 2.05) is 13.8 Å². The molecule has 0 aliphatic carbocycles. The van der Waals surface area contributed by atoms with Gasteiger partial charge < -0.3 is 10.4 Å². The molecule has 2 rings (SSSR count). The number of nitrogens with zero attached hydrogens (tertiary/aromatic N) is 3. The maximum Gasteiger partial charge on any atom is 0.242 e. The normalized spacial score (nSPS) is 13.9. The van der Waals surface area contributed by atoms with Gasteiger partial charge in [0.2, 0.25) is 5.91 Å². The molecular formula is C18H25FN4O2. The van der Waals surface area contributed by atoms with Gasteiger partial charge in [0.1, 0.15) is 11.6 Å². The Labute approximate surface area is 147 Å². The quantitative estimate of drug-likeness (QED) is 0.807. The van der Waals surface area contributed by atoms with E-state index in [4.69, 9.17) is 0 Å². The number of nitrogens with one attached hydrogen (secondary N) is 1. The van der Waals surface area contributed by atoms with Crippen molar-refractivity contribution in [2.75, 3.05) is 18.9 Å². The standard InChI is InChI=1S/C18H25FN4O2/c1-12(2)23-17(9-10-20-23)21-18(25)13(3)22(4)11-16(24)14-5-7-15(19)8-6-14/h5-10,12-13,16,24H,11H2,1-4H3,(H,21,25)/t13-,16+/m1/s1. The third-order valence-corrected chi connectivity index (χ3v) is 4.17. The highest BCUT2D eigenvalue weighted by Crippen LogP contribution is 2.17. The SMILES string of the molecule is CC(C)n1nccc1NC(=O)[C@@H](C)N(C)C[C@H](O)c1ccc(F)cc1. The highest BCUT2D eigenvalue weighted by Gasteiger charge is 2.22. The molecule has 25 heavy (non-hydrogen) atoms. The maximum atomic E-state index is 13.0. The molecule has 0 radical (unpaired) electrons. The van der Waals surface area contributed by atoms with E-state index < -0.39 is 12.1 Å². The molecule has 2 aromatic rings. The molecule has 1 aromatic heterocycles. The summed E-state index contributed by atoms with van der Waals surface area (Å²) in [5, 5.41) is 17.3. The Hall–Kier alpha value is -2.25. The number of halogens is 1. The summed E-state index contributed by atoms with van der Waals surface area (Å²) in [5.74, 6) is 0.106. The number of benzene rings is 1. The highest BCUT2D eigenvalue weighted by atomic mass is 19.1. The lowest BCUT2D eigenvalue weighted by molar-refractivity contribution is -0.120. The lowest BCUT2D eigenvalue weighted by atomic mass is 10.1. The Morgan fingerprint density at radius 2 is 1.92 bits per heavy atom. The highest BCUT2D eigenvalue weighted by molar-refractivity contribution is 5.93. The molecule has 0 fully saturated rings. The molecule has 1 aromatic carbocycles. The van der Waals surface area contributed by atoms with Crippen LogP contribution in [0.15, 0.2) is 36.5 Å². The number of rotatable bonds is 7. The van der Waals surface area contributed by atoms with Gasteiger partial charge in [-0.3, -0.25) is 9.69 Å². The van der Waals surface area contributed by atoms with Gasteiger partial charge in [0.25, 0.3) is 0 Å². The molecule has 6 nitrogen and oxygen atoms in total. The first-order chi connectivity index (χ1) is 11.8. The molecule has 0 saturated heterocycles. The third-order valence-electron chi connectivity index (χ3n) is 4.17. The fourth-order valence-corrected chi connectivity index (χ4v) is 2.48. The van der Waals surface area contributed by atoms with Crippen molar-refractivity contribution in [1.29, 1.82) is 0 Å². The third kappa shape index (κ3) is 4.87. The Morgan fingerprint density at radius 1 is 1.28 bits per heavy atom. The monoisotopic (exact) mass is 348 g/mol. The van der Waals surface area contributed by atoms with E-state index in [2.05, 4.69) is 10.4 Å². The predicted molar refractivity (Wildman–Crippen MR) is 94.7 cm³/mol. The molecule has 0 spiro atoms. The largest absolute Gasteiger partial charge is 0.387 e. The minimum atomic E-state index is -0.804. The van der Waals surface area contributed by atoms with Crippen LogP contribution in [0.2, 0.25) is 0 Å². The Kier molecular flexibility index (Phi) is 6.27. The van der Waals surface area contributed by atoms with E-state index in [9.17, 15) is 14.3 Å². The van der Waals surface area contributed by atoms with Crippen LogP contribution in [-0.4, -0.2) is 45.3 Å². The number of hydrogen-bond donors (Lipinski definition) is 2. The minimum Gasteiger partial charge on any atom is -0.387 e. The lowest BCUT2D eigenvalue weighted by Gasteiger charge is -2.26. The van der Waals surface area contributed by atoms with Gasteiger partial charge in [-0.25, -0.2) is 9.07 Å². The molecule has 0 aliphatic rings. The summed E-state index contributed by atoms with van der Waals surface area (Å²) in [5.41, 5.74) is 0.610. The van der Waals surface area contributed by atoms with Crippen LogP contribution < -0.4 is 5.32 Å². The fourth-order valence-electron chi connectivity index (χ4n) is 2.48. The number of aliphatic hydroxyl groups is 1. The first-order valence-electron chi connectivity index (χ1n) is 8.27. The first kappa shape index (κ1) is 19.1. The summed E-state index contributed by atoms with van der Waals surface area (Å²) < 4.78 is 14.7. The van der Waals surface area contributed by atoms with Gasteiger partial charge in [-0.15, -0.1) is 0 Å². The van der Waals surface area contributed by atoms with Crippen molar-refractivity contribution in [3.8, 4) is 0 Å². The van der Waals surface area contributed by atoms with Gasteiger partial charge >= 0.3 is 0 Å². The van der Waals surface area contributed by atoms with E-state index in [0.29, 0.717) is 11.4 Å². The van der Waals surface area contributed by atoms with Crippen molar-refractivity contribution >= 4 is 11.7 Å². The van der Waals surface area contributed by atoms with Gasteiger partial charge in [-0.2, -0.15) is 5.10 Å². The second-order valence-corrected chi connectivity index (χ2v) is 6.43. The number of amides is 1. The van der Waals surface area contributed by atoms with Crippen LogP contribution in [0.25, 0.3) is 0 Å². The molecule has 136 valence electrons. The summed E-state index contributed by atoms with van der Waals surface area (Å²) in [6.45, 7) is 5.99. The molecule has 0 aliphatic heterocycles. The zero-order valence-corrected chi connectivity index (χ0v) is 15.0. The second kappa shape index (κ2) is 8.22. The maximum absolute atomic E-state index is 13.0. The fraction of sp³-hybridized carbons (Fsp3) is 0.444. The zero-order valence-electron chi connectivity index (χ0n) is 15.0. The molecule has 1 heterocycles. The number of carbonyl (C=O) groups excluding carboxylic acids is 1. The molecule has 2 N–H and O–H groups in total. The summed E-state index contributed by atoms with van der Waals surface area (Å²) in [6.07, 6.45) is 0.837. The molecule has 2 atom stereocenters. The van der Waals surface area contributed by atoms with Gasteiger partial charge in [0, 0.05) is 18.7 Å². The van der Waals surface area contributed by atoms with Crippen LogP contribution in [0.3, 0.4) is 0 Å². The van der Waals surface area contributed by atoms with Crippen LogP contribution in [0, 0.1) is 5.82 Å². The number of aliphatic hydroxyl groups excluding tert-OH is 1. The Bertz CT molecular complexity index is 699. The summed E-state index contributed by atoms with van der Waals surface area (Å²) in [7, 11) is 1.76.